The van der Waals surface area contributed by atoms with Crippen molar-refractivity contribution in [2.24, 2.45) is 0 Å². The number of pyridine rings is 1. The van der Waals surface area contributed by atoms with Crippen LogP contribution in [0.15, 0.2) is 42.6 Å². The molecule has 1 fully saturated rings. The minimum Gasteiger partial charge on any atom is -0.296 e. The summed E-state index contributed by atoms with van der Waals surface area (Å²) in [7, 11) is 0. The van der Waals surface area contributed by atoms with Gasteiger partial charge in [-0.3, -0.25) is 14.8 Å². The molecule has 0 amide bonds. The topological polar surface area (TPSA) is 43.2 Å². The summed E-state index contributed by atoms with van der Waals surface area (Å²) in [5.74, 6) is -0.292. The Hall–Kier alpha value is -2.29. The van der Waals surface area contributed by atoms with Gasteiger partial charge in [-0.05, 0) is 24.3 Å². The van der Waals surface area contributed by atoms with Gasteiger partial charge in [-0.25, -0.2) is 4.39 Å². The molecule has 0 saturated carbocycles. The fourth-order valence-corrected chi connectivity index (χ4v) is 2.81. The molecule has 0 bridgehead atoms. The lowest BCUT2D eigenvalue weighted by atomic mass is 10.1. The number of rotatable bonds is 4. The molecule has 5 heteroatoms. The van der Waals surface area contributed by atoms with Crippen LogP contribution >= 0.6 is 0 Å². The lowest BCUT2D eigenvalue weighted by molar-refractivity contribution is 0.120. The zero-order chi connectivity index (χ0) is 16.1. The van der Waals surface area contributed by atoms with Gasteiger partial charge in [-0.2, -0.15) is 5.26 Å². The van der Waals surface area contributed by atoms with Crippen LogP contribution in [0, 0.1) is 17.1 Å². The van der Waals surface area contributed by atoms with E-state index in [9.17, 15) is 4.39 Å². The molecule has 23 heavy (non-hydrogen) atoms. The summed E-state index contributed by atoms with van der Waals surface area (Å²) < 4.78 is 14.0. The van der Waals surface area contributed by atoms with Crippen LogP contribution in [0.5, 0.6) is 0 Å². The molecule has 1 aliphatic heterocycles. The number of piperazine rings is 1. The second kappa shape index (κ2) is 7.32. The summed E-state index contributed by atoms with van der Waals surface area (Å²) in [5, 5.41) is 8.79. The molecule has 1 saturated heterocycles. The Kier molecular flexibility index (Phi) is 4.96. The van der Waals surface area contributed by atoms with Gasteiger partial charge in [-0.1, -0.05) is 12.1 Å². The average molecular weight is 310 g/mol. The zero-order valence-corrected chi connectivity index (χ0v) is 13.0. The fourth-order valence-electron chi connectivity index (χ4n) is 2.81. The van der Waals surface area contributed by atoms with E-state index in [0.717, 1.165) is 38.4 Å². The van der Waals surface area contributed by atoms with Crippen LogP contribution in [0.2, 0.25) is 0 Å². The highest BCUT2D eigenvalue weighted by molar-refractivity contribution is 5.32. The van der Waals surface area contributed by atoms with Gasteiger partial charge in [0.1, 0.15) is 5.82 Å². The van der Waals surface area contributed by atoms with Crippen LogP contribution in [-0.2, 0) is 13.1 Å². The molecule has 0 N–H and O–H groups in total. The highest BCUT2D eigenvalue weighted by atomic mass is 19.1. The fraction of sp³-hybridized carbons (Fsp3) is 0.333. The second-order valence-corrected chi connectivity index (χ2v) is 5.79. The molecule has 0 unspecified atom stereocenters. The Morgan fingerprint density at radius 2 is 1.78 bits per heavy atom. The molecule has 4 nitrogen and oxygen atoms in total. The van der Waals surface area contributed by atoms with Gasteiger partial charge in [0, 0.05) is 51.0 Å². The number of benzene rings is 1. The van der Waals surface area contributed by atoms with Gasteiger partial charge < -0.3 is 0 Å². The quantitative estimate of drug-likeness (QED) is 0.870. The Labute approximate surface area is 135 Å². The molecule has 1 aliphatic rings. The molecule has 0 atom stereocenters. The van der Waals surface area contributed by atoms with Crippen LogP contribution < -0.4 is 0 Å². The molecule has 2 heterocycles. The van der Waals surface area contributed by atoms with Crippen LogP contribution in [0.4, 0.5) is 4.39 Å². The van der Waals surface area contributed by atoms with E-state index in [1.165, 1.54) is 6.07 Å². The largest absolute Gasteiger partial charge is 0.296 e. The van der Waals surface area contributed by atoms with Gasteiger partial charge in [0.25, 0.3) is 0 Å². The molecule has 0 spiro atoms. The van der Waals surface area contributed by atoms with Gasteiger partial charge >= 0.3 is 0 Å². The van der Waals surface area contributed by atoms with Crippen molar-refractivity contribution in [3.8, 4) is 6.07 Å². The second-order valence-electron chi connectivity index (χ2n) is 5.79. The van der Waals surface area contributed by atoms with Crippen LogP contribution in [0.3, 0.4) is 0 Å². The van der Waals surface area contributed by atoms with Crippen molar-refractivity contribution in [1.82, 2.24) is 14.8 Å². The number of hydrogen-bond donors (Lipinski definition) is 0. The van der Waals surface area contributed by atoms with Gasteiger partial charge in [0.2, 0.25) is 0 Å². The Balaban J connectivity index is 1.52. The average Bonchev–Trinajstić information content (AvgIpc) is 2.59. The summed E-state index contributed by atoms with van der Waals surface area (Å²) in [6.07, 6.45) is 1.82. The molecular formula is C18H19FN4. The van der Waals surface area contributed by atoms with Crippen molar-refractivity contribution in [3.63, 3.8) is 0 Å². The molecule has 2 aromatic rings. The Morgan fingerprint density at radius 1 is 1.04 bits per heavy atom. The number of hydrogen-bond acceptors (Lipinski definition) is 4. The predicted octanol–water partition coefficient (Wildman–Crippen LogP) is 2.41. The standard InChI is InChI=1S/C18H19FN4/c19-18-11-15(12-20)4-5-16(18)13-22-7-9-23(10-8-22)14-17-3-1-2-6-21-17/h1-6,11H,7-10,13-14H2. The molecule has 1 aromatic heterocycles. The maximum absolute atomic E-state index is 14.0. The van der Waals surface area contributed by atoms with Gasteiger partial charge in [0.05, 0.1) is 17.3 Å². The number of halogens is 1. The predicted molar refractivity (Wildman–Crippen MR) is 85.9 cm³/mol. The molecule has 3 rings (SSSR count). The molecular weight excluding hydrogens is 291 g/mol. The summed E-state index contributed by atoms with van der Waals surface area (Å²) in [6.45, 7) is 5.18. The Bertz CT molecular complexity index is 688. The van der Waals surface area contributed by atoms with Crippen molar-refractivity contribution >= 4 is 0 Å². The zero-order valence-electron chi connectivity index (χ0n) is 13.0. The van der Waals surface area contributed by atoms with E-state index in [1.807, 2.05) is 30.5 Å². The van der Waals surface area contributed by atoms with Crippen molar-refractivity contribution < 1.29 is 4.39 Å². The van der Waals surface area contributed by atoms with Gasteiger partial charge in [0.15, 0.2) is 0 Å². The van der Waals surface area contributed by atoms with E-state index >= 15 is 0 Å². The first-order chi connectivity index (χ1) is 11.2. The SMILES string of the molecule is N#Cc1ccc(CN2CCN(Cc3ccccn3)CC2)c(F)c1. The first kappa shape index (κ1) is 15.6. The molecule has 118 valence electrons. The minimum atomic E-state index is -0.292. The van der Waals surface area contributed by atoms with Crippen molar-refractivity contribution in [1.29, 1.82) is 5.26 Å². The third-order valence-electron chi connectivity index (χ3n) is 4.15. The summed E-state index contributed by atoms with van der Waals surface area (Å²) in [5.41, 5.74) is 2.10. The first-order valence-corrected chi connectivity index (χ1v) is 7.78. The minimum absolute atomic E-state index is 0.292. The maximum atomic E-state index is 14.0. The van der Waals surface area contributed by atoms with E-state index in [-0.39, 0.29) is 5.82 Å². The van der Waals surface area contributed by atoms with Gasteiger partial charge in [-0.15, -0.1) is 0 Å². The van der Waals surface area contributed by atoms with Crippen molar-refractivity contribution in [2.75, 3.05) is 26.2 Å². The van der Waals surface area contributed by atoms with Crippen molar-refractivity contribution in [3.05, 3.63) is 65.2 Å². The van der Waals surface area contributed by atoms with E-state index < -0.39 is 0 Å². The number of aromatic nitrogens is 1. The maximum Gasteiger partial charge on any atom is 0.129 e. The monoisotopic (exact) mass is 310 g/mol. The van der Waals surface area contributed by atoms with Crippen LogP contribution in [0.1, 0.15) is 16.8 Å². The molecule has 0 aliphatic carbocycles. The summed E-state index contributed by atoms with van der Waals surface area (Å²) in [4.78, 5) is 8.97. The summed E-state index contributed by atoms with van der Waals surface area (Å²) >= 11 is 0. The lowest BCUT2D eigenvalue weighted by Crippen LogP contribution is -2.45. The lowest BCUT2D eigenvalue weighted by Gasteiger charge is -2.34. The highest BCUT2D eigenvalue weighted by Crippen LogP contribution is 2.14. The third kappa shape index (κ3) is 4.13. The van der Waals surface area contributed by atoms with E-state index in [0.29, 0.717) is 17.7 Å². The number of nitriles is 1. The molecule has 0 radical (unpaired) electrons. The smallest absolute Gasteiger partial charge is 0.129 e. The normalized spacial score (nSPS) is 16.2. The van der Waals surface area contributed by atoms with Crippen LogP contribution in [0.25, 0.3) is 0 Å². The van der Waals surface area contributed by atoms with Crippen LogP contribution in [-0.4, -0.2) is 41.0 Å². The molecule has 1 aromatic carbocycles. The highest BCUT2D eigenvalue weighted by Gasteiger charge is 2.18. The number of nitrogens with zero attached hydrogens (tertiary/aromatic N) is 4. The van der Waals surface area contributed by atoms with Crippen molar-refractivity contribution in [2.45, 2.75) is 13.1 Å². The van der Waals surface area contributed by atoms with E-state index in [4.69, 9.17) is 5.26 Å². The Morgan fingerprint density at radius 3 is 2.39 bits per heavy atom. The third-order valence-corrected chi connectivity index (χ3v) is 4.15. The van der Waals surface area contributed by atoms with E-state index in [1.54, 1.807) is 12.1 Å². The first-order valence-electron chi connectivity index (χ1n) is 7.78. The summed E-state index contributed by atoms with van der Waals surface area (Å²) in [6, 6.07) is 12.6. The van der Waals surface area contributed by atoms with E-state index in [2.05, 4.69) is 14.8 Å².